The molecule has 0 amide bonds. The SMILES string of the molecule is C=C(C)C(=O)OC1CC(C)(C)NC(C)(C)C1.C=CC(=O)OC1CC(C)(C)N(CCCCC)C(C)(C)C1.C=CC(=O)OC1CC(C)(C)NC(C)(C)C1.C=CCN1C(C)(C)CC(OC(=O)C=C)CC1(C)C. The van der Waals surface area contributed by atoms with Crippen LogP contribution in [0.3, 0.4) is 0 Å². The van der Waals surface area contributed by atoms with Gasteiger partial charge in [0.25, 0.3) is 0 Å². The highest BCUT2D eigenvalue weighted by Crippen LogP contribution is 2.41. The number of unbranched alkanes of at least 4 members (excludes halogenated alkanes) is 2. The minimum atomic E-state index is -0.330. The van der Waals surface area contributed by atoms with E-state index in [9.17, 15) is 19.2 Å². The first-order valence-corrected chi connectivity index (χ1v) is 25.4. The van der Waals surface area contributed by atoms with Crippen molar-refractivity contribution in [2.24, 2.45) is 0 Å². The van der Waals surface area contributed by atoms with Crippen molar-refractivity contribution >= 4 is 23.9 Å². The van der Waals surface area contributed by atoms with Crippen LogP contribution >= 0.6 is 0 Å². The molecule has 0 atom stereocenters. The molecule has 0 bridgehead atoms. The van der Waals surface area contributed by atoms with E-state index in [1.807, 2.05) is 6.08 Å². The molecule has 2 N–H and O–H groups in total. The van der Waals surface area contributed by atoms with Crippen LogP contribution < -0.4 is 10.6 Å². The second kappa shape index (κ2) is 25.7. The average molecular weight is 969 g/mol. The first-order chi connectivity index (χ1) is 31.3. The van der Waals surface area contributed by atoms with Gasteiger partial charge in [0.2, 0.25) is 0 Å². The molecule has 0 aromatic carbocycles. The second-order valence-corrected chi connectivity index (χ2v) is 25.0. The van der Waals surface area contributed by atoms with Crippen LogP contribution in [0.25, 0.3) is 0 Å². The second-order valence-electron chi connectivity index (χ2n) is 25.0. The Balaban J connectivity index is 0.000000463. The Hall–Kier alpha value is -3.58. The summed E-state index contributed by atoms with van der Waals surface area (Å²) < 4.78 is 21.7. The molecular formula is C57H100N4O8. The largest absolute Gasteiger partial charge is 0.459 e. The van der Waals surface area contributed by atoms with Gasteiger partial charge in [-0.3, -0.25) is 9.80 Å². The lowest BCUT2D eigenvalue weighted by Crippen LogP contribution is -2.62. The molecule has 4 heterocycles. The van der Waals surface area contributed by atoms with Crippen molar-refractivity contribution in [1.29, 1.82) is 0 Å². The summed E-state index contributed by atoms with van der Waals surface area (Å²) in [6, 6.07) is 0. The van der Waals surface area contributed by atoms with Crippen LogP contribution in [0.4, 0.5) is 0 Å². The highest BCUT2D eigenvalue weighted by Gasteiger charge is 2.47. The van der Waals surface area contributed by atoms with Crippen LogP contribution in [-0.4, -0.2) is 115 Å². The van der Waals surface area contributed by atoms with Crippen LogP contribution in [0.2, 0.25) is 0 Å². The van der Waals surface area contributed by atoms with E-state index in [2.05, 4.69) is 171 Å². The fourth-order valence-corrected chi connectivity index (χ4v) is 11.9. The zero-order chi connectivity index (χ0) is 53.6. The summed E-state index contributed by atoms with van der Waals surface area (Å²) in [6.45, 7) is 58.5. The molecule has 0 radical (unpaired) electrons. The van der Waals surface area contributed by atoms with Crippen LogP contribution in [0.15, 0.2) is 62.8 Å². The number of carbonyl (C=O) groups is 4. The highest BCUT2D eigenvalue weighted by molar-refractivity contribution is 5.87. The van der Waals surface area contributed by atoms with E-state index in [-0.39, 0.29) is 92.6 Å². The first-order valence-electron chi connectivity index (χ1n) is 25.4. The van der Waals surface area contributed by atoms with Crippen LogP contribution in [-0.2, 0) is 38.1 Å². The maximum absolute atomic E-state index is 11.5. The van der Waals surface area contributed by atoms with Crippen molar-refractivity contribution in [2.75, 3.05) is 13.1 Å². The van der Waals surface area contributed by atoms with Crippen molar-refractivity contribution < 1.29 is 38.1 Å². The molecule has 12 heteroatoms. The normalized spacial score (nSPS) is 23.4. The minimum absolute atomic E-state index is 0.00176. The number of hydrogen-bond donors (Lipinski definition) is 2. The molecule has 4 aliphatic rings. The topological polar surface area (TPSA) is 136 Å². The molecule has 0 aromatic rings. The fraction of sp³-hybridized carbons (Fsp3) is 0.754. The van der Waals surface area contributed by atoms with E-state index >= 15 is 0 Å². The number of likely N-dealkylation sites (tertiary alicyclic amines) is 2. The maximum atomic E-state index is 11.5. The molecule has 69 heavy (non-hydrogen) atoms. The molecule has 0 unspecified atom stereocenters. The number of piperidine rings is 4. The molecule has 4 aliphatic heterocycles. The lowest BCUT2D eigenvalue weighted by Gasteiger charge is -2.55. The van der Waals surface area contributed by atoms with Gasteiger partial charge in [-0.05, 0) is 131 Å². The molecule has 4 fully saturated rings. The fourth-order valence-electron chi connectivity index (χ4n) is 11.9. The van der Waals surface area contributed by atoms with Crippen LogP contribution in [0, 0.1) is 0 Å². The summed E-state index contributed by atoms with van der Waals surface area (Å²) >= 11 is 0. The van der Waals surface area contributed by atoms with Gasteiger partial charge in [0.15, 0.2) is 0 Å². The van der Waals surface area contributed by atoms with Gasteiger partial charge >= 0.3 is 23.9 Å². The number of nitrogens with zero attached hydrogens (tertiary/aromatic N) is 2. The quantitative estimate of drug-likeness (QED) is 0.0564. The van der Waals surface area contributed by atoms with Gasteiger partial charge in [-0.2, -0.15) is 0 Å². The Morgan fingerprint density at radius 3 is 1.06 bits per heavy atom. The summed E-state index contributed by atoms with van der Waals surface area (Å²) in [5.74, 6) is -1.24. The highest BCUT2D eigenvalue weighted by atomic mass is 16.6. The van der Waals surface area contributed by atoms with Gasteiger partial charge in [-0.1, -0.05) is 52.2 Å². The van der Waals surface area contributed by atoms with E-state index in [0.29, 0.717) is 5.57 Å². The summed E-state index contributed by atoms with van der Waals surface area (Å²) in [5, 5.41) is 7.09. The molecule has 12 nitrogen and oxygen atoms in total. The Kier molecular flexibility index (Phi) is 23.6. The predicted octanol–water partition coefficient (Wildman–Crippen LogP) is 11.3. The molecule has 396 valence electrons. The van der Waals surface area contributed by atoms with Crippen LogP contribution in [0.5, 0.6) is 0 Å². The van der Waals surface area contributed by atoms with E-state index in [1.54, 1.807) is 6.92 Å². The van der Waals surface area contributed by atoms with Gasteiger partial charge in [-0.25, -0.2) is 19.2 Å². The van der Waals surface area contributed by atoms with Crippen molar-refractivity contribution in [2.45, 2.75) is 264 Å². The van der Waals surface area contributed by atoms with Crippen molar-refractivity contribution in [3.05, 3.63) is 62.8 Å². The summed E-state index contributed by atoms with van der Waals surface area (Å²) in [4.78, 5) is 50.4. The summed E-state index contributed by atoms with van der Waals surface area (Å²) in [6.07, 6.45) is 16.2. The maximum Gasteiger partial charge on any atom is 0.333 e. The molecule has 4 saturated heterocycles. The van der Waals surface area contributed by atoms with Crippen molar-refractivity contribution in [3.8, 4) is 0 Å². The molecule has 0 aromatic heterocycles. The van der Waals surface area contributed by atoms with E-state index in [0.717, 1.165) is 64.5 Å². The average Bonchev–Trinajstić information content (AvgIpc) is 3.14. The molecule has 0 aliphatic carbocycles. The molecular weight excluding hydrogens is 869 g/mol. The smallest absolute Gasteiger partial charge is 0.333 e. The molecule has 0 saturated carbocycles. The summed E-state index contributed by atoms with van der Waals surface area (Å²) in [5.41, 5.74) is 0.577. The zero-order valence-corrected chi connectivity index (χ0v) is 47.0. The third-order valence-electron chi connectivity index (χ3n) is 13.4. The van der Waals surface area contributed by atoms with Gasteiger partial charge in [0.05, 0.1) is 0 Å². The van der Waals surface area contributed by atoms with Gasteiger partial charge in [0, 0.05) is 126 Å². The number of nitrogens with one attached hydrogen (secondary N) is 2. The summed E-state index contributed by atoms with van der Waals surface area (Å²) in [7, 11) is 0. The Morgan fingerprint density at radius 2 is 0.783 bits per heavy atom. The lowest BCUT2D eigenvalue weighted by molar-refractivity contribution is -0.155. The third-order valence-corrected chi connectivity index (χ3v) is 13.4. The number of ether oxygens (including phenoxy) is 4. The number of carbonyl (C=O) groups excluding carboxylic acids is 4. The van der Waals surface area contributed by atoms with E-state index in [1.165, 1.54) is 37.5 Å². The lowest BCUT2D eigenvalue weighted by atomic mass is 9.78. The van der Waals surface area contributed by atoms with Crippen molar-refractivity contribution in [1.82, 2.24) is 20.4 Å². The zero-order valence-electron chi connectivity index (χ0n) is 47.0. The van der Waals surface area contributed by atoms with Gasteiger partial charge in [-0.15, -0.1) is 6.58 Å². The monoisotopic (exact) mass is 969 g/mol. The standard InChI is InChI=1S/C17H31NO2.C15H25NO2.C13H23NO2.C12H21NO2/c1-7-9-10-11-18-16(3,4)12-14(13-17(18,5)6)20-15(19)8-2;1-7-9-16-14(3,4)10-12(11-15(16,5)6)18-13(17)8-2;1-9(2)11(15)16-10-7-12(3,4)14-13(5,6)8-10;1-6-10(14)15-9-7-11(2,3)13-12(4,5)8-9/h8,14H,2,7,9-13H2,1,3-6H3;7-8,12H,1-2,9-11H2,3-6H3;10,14H,1,7-8H2,2-6H3;6,9,13H,1,7-8H2,2-5H3. The van der Waals surface area contributed by atoms with Crippen LogP contribution in [0.1, 0.15) is 195 Å². The molecule has 0 spiro atoms. The minimum Gasteiger partial charge on any atom is -0.459 e. The Bertz CT molecular complexity index is 1700. The number of rotatable bonds is 14. The predicted molar refractivity (Wildman–Crippen MR) is 284 cm³/mol. The first kappa shape index (κ1) is 63.4. The number of hydrogen-bond acceptors (Lipinski definition) is 12. The Morgan fingerprint density at radius 1 is 0.493 bits per heavy atom. The van der Waals surface area contributed by atoms with Crippen molar-refractivity contribution in [3.63, 3.8) is 0 Å². The number of esters is 4. The van der Waals surface area contributed by atoms with E-state index in [4.69, 9.17) is 18.9 Å². The Labute approximate surface area is 420 Å². The van der Waals surface area contributed by atoms with Gasteiger partial charge < -0.3 is 29.6 Å². The van der Waals surface area contributed by atoms with Gasteiger partial charge in [0.1, 0.15) is 24.4 Å². The molecule has 4 rings (SSSR count). The van der Waals surface area contributed by atoms with E-state index < -0.39 is 0 Å². The third kappa shape index (κ3) is 22.2.